The molecular formula is C14H18BN3O7S. The van der Waals surface area contributed by atoms with E-state index in [9.17, 15) is 19.5 Å². The van der Waals surface area contributed by atoms with Gasteiger partial charge in [-0.1, -0.05) is 5.16 Å². The maximum Gasteiger partial charge on any atom is 0.413 e. The molecular weight excluding hydrogens is 365 g/mol. The molecule has 1 heterocycles. The van der Waals surface area contributed by atoms with Crippen LogP contribution in [0.4, 0.5) is 9.93 Å². The summed E-state index contributed by atoms with van der Waals surface area (Å²) in [6.45, 7) is 5.13. The van der Waals surface area contributed by atoms with Gasteiger partial charge < -0.3 is 19.3 Å². The van der Waals surface area contributed by atoms with Gasteiger partial charge in [-0.15, -0.1) is 11.3 Å². The number of hydrogen-bond acceptors (Lipinski definition) is 9. The first-order valence-corrected chi connectivity index (χ1v) is 8.48. The number of oxime groups is 1. The highest BCUT2D eigenvalue weighted by Crippen LogP contribution is 2.41. The number of carboxylic acids is 1. The predicted octanol–water partition coefficient (Wildman–Crippen LogP) is 0.919. The topological polar surface area (TPSA) is 136 Å². The standard InChI is InChI=1S/C14H18BN3O7S/c1-13(2,3)23-12(22)17-11-16-7(6-26-11)8(9(19)20)18-25-14(4-5-14)10(21)24-15/h6H,4-5,15H2,1-3H3,(H,19,20)(H,16,17,22)/b18-8-. The van der Waals surface area contributed by atoms with Crippen molar-refractivity contribution in [1.29, 1.82) is 0 Å². The first-order chi connectivity index (χ1) is 12.1. The number of anilines is 1. The lowest BCUT2D eigenvalue weighted by Gasteiger charge is -2.18. The lowest BCUT2D eigenvalue weighted by Crippen LogP contribution is -2.28. The van der Waals surface area contributed by atoms with Crippen LogP contribution in [-0.2, 0) is 23.8 Å². The van der Waals surface area contributed by atoms with Gasteiger partial charge in [-0.3, -0.25) is 5.32 Å². The van der Waals surface area contributed by atoms with Crippen molar-refractivity contribution in [2.45, 2.75) is 44.8 Å². The molecule has 0 aliphatic heterocycles. The highest BCUT2D eigenvalue weighted by atomic mass is 32.1. The Balaban J connectivity index is 2.11. The molecule has 0 aromatic carbocycles. The first kappa shape index (κ1) is 19.7. The van der Waals surface area contributed by atoms with Crippen molar-refractivity contribution in [3.05, 3.63) is 11.1 Å². The molecule has 1 aromatic heterocycles. The van der Waals surface area contributed by atoms with Crippen LogP contribution in [0.15, 0.2) is 10.5 Å². The predicted molar refractivity (Wildman–Crippen MR) is 93.8 cm³/mol. The van der Waals surface area contributed by atoms with Gasteiger partial charge in [-0.05, 0) is 20.8 Å². The van der Waals surface area contributed by atoms with Crippen molar-refractivity contribution in [2.24, 2.45) is 5.16 Å². The number of nitrogens with zero attached hydrogens (tertiary/aromatic N) is 2. The van der Waals surface area contributed by atoms with Gasteiger partial charge in [0.25, 0.3) is 0 Å². The van der Waals surface area contributed by atoms with Crippen LogP contribution in [0.25, 0.3) is 0 Å². The number of nitrogens with one attached hydrogen (secondary N) is 1. The van der Waals surface area contributed by atoms with Crippen LogP contribution >= 0.6 is 11.3 Å². The van der Waals surface area contributed by atoms with Crippen molar-refractivity contribution < 1.29 is 33.7 Å². The lowest BCUT2D eigenvalue weighted by molar-refractivity contribution is -0.150. The van der Waals surface area contributed by atoms with E-state index in [4.69, 9.17) is 9.57 Å². The number of aromatic nitrogens is 1. The molecule has 1 saturated carbocycles. The Morgan fingerprint density at radius 3 is 2.54 bits per heavy atom. The summed E-state index contributed by atoms with van der Waals surface area (Å²) in [5.41, 5.74) is -2.43. The van der Waals surface area contributed by atoms with E-state index in [1.165, 1.54) is 13.4 Å². The molecule has 1 fully saturated rings. The second-order valence-electron chi connectivity index (χ2n) is 6.49. The molecule has 2 rings (SSSR count). The highest BCUT2D eigenvalue weighted by Gasteiger charge is 2.55. The molecule has 10 nitrogen and oxygen atoms in total. The van der Waals surface area contributed by atoms with E-state index in [0.29, 0.717) is 12.8 Å². The molecule has 0 bridgehead atoms. The fraction of sp³-hybridized carbons (Fsp3) is 0.500. The average Bonchev–Trinajstić information content (AvgIpc) is 3.17. The van der Waals surface area contributed by atoms with E-state index in [1.54, 1.807) is 20.8 Å². The SMILES string of the molecule is BOC(=O)C1(O/N=C(\C(=O)O)c2csc(NC(=O)OC(C)(C)C)n2)CC1. The number of hydrogen-bond donors (Lipinski definition) is 2. The third-order valence-electron chi connectivity index (χ3n) is 3.13. The summed E-state index contributed by atoms with van der Waals surface area (Å²) < 4.78 is 9.70. The zero-order valence-corrected chi connectivity index (χ0v) is 15.5. The van der Waals surface area contributed by atoms with Gasteiger partial charge in [-0.25, -0.2) is 19.4 Å². The van der Waals surface area contributed by atoms with Gasteiger partial charge in [0.15, 0.2) is 5.13 Å². The summed E-state index contributed by atoms with van der Waals surface area (Å²) in [5, 5.41) is 16.8. The third kappa shape index (κ3) is 4.94. The zero-order valence-electron chi connectivity index (χ0n) is 14.7. The van der Waals surface area contributed by atoms with E-state index >= 15 is 0 Å². The summed E-state index contributed by atoms with van der Waals surface area (Å²) in [5.74, 6) is -2.00. The molecule has 0 saturated heterocycles. The van der Waals surface area contributed by atoms with E-state index in [-0.39, 0.29) is 10.8 Å². The minimum atomic E-state index is -1.39. The Morgan fingerprint density at radius 1 is 1.38 bits per heavy atom. The first-order valence-electron chi connectivity index (χ1n) is 7.60. The number of carboxylic acid groups (broad SMARTS) is 1. The largest absolute Gasteiger partial charge is 0.540 e. The molecule has 1 aliphatic carbocycles. The molecule has 1 aromatic rings. The molecule has 26 heavy (non-hydrogen) atoms. The maximum atomic E-state index is 11.7. The van der Waals surface area contributed by atoms with Gasteiger partial charge in [0.2, 0.25) is 11.3 Å². The minimum Gasteiger partial charge on any atom is -0.540 e. The normalized spacial score (nSPS) is 15.7. The van der Waals surface area contributed by atoms with Crippen molar-refractivity contribution in [3.8, 4) is 0 Å². The molecule has 0 spiro atoms. The number of carbonyl (C=O) groups is 3. The van der Waals surface area contributed by atoms with Crippen molar-refractivity contribution in [2.75, 3.05) is 5.32 Å². The van der Waals surface area contributed by atoms with Gasteiger partial charge in [0.1, 0.15) is 11.3 Å². The summed E-state index contributed by atoms with van der Waals surface area (Å²) in [6, 6.07) is 0. The fourth-order valence-electron chi connectivity index (χ4n) is 1.79. The van der Waals surface area contributed by atoms with Crippen LogP contribution < -0.4 is 5.32 Å². The van der Waals surface area contributed by atoms with Crippen LogP contribution in [0.2, 0.25) is 0 Å². The fourth-order valence-corrected chi connectivity index (χ4v) is 2.47. The van der Waals surface area contributed by atoms with Gasteiger partial charge in [0, 0.05) is 18.2 Å². The molecule has 1 aliphatic rings. The Bertz CT molecular complexity index is 752. The molecule has 0 atom stereocenters. The van der Waals surface area contributed by atoms with Crippen molar-refractivity contribution in [3.63, 3.8) is 0 Å². The number of rotatable bonds is 6. The van der Waals surface area contributed by atoms with Crippen molar-refractivity contribution >= 4 is 48.3 Å². The molecule has 1 amide bonds. The van der Waals surface area contributed by atoms with Gasteiger partial charge in [0.05, 0.1) is 0 Å². The van der Waals surface area contributed by atoms with E-state index < -0.39 is 34.9 Å². The van der Waals surface area contributed by atoms with Gasteiger partial charge >= 0.3 is 26.1 Å². The van der Waals surface area contributed by atoms with E-state index in [2.05, 4.69) is 20.1 Å². The second-order valence-corrected chi connectivity index (χ2v) is 7.35. The zero-order chi connectivity index (χ0) is 19.5. The van der Waals surface area contributed by atoms with E-state index in [1.807, 2.05) is 0 Å². The summed E-state index contributed by atoms with van der Waals surface area (Å²) in [4.78, 5) is 43.9. The number of carbonyl (C=O) groups excluding carboxylic acids is 2. The van der Waals surface area contributed by atoms with Crippen LogP contribution in [-0.4, -0.2) is 53.1 Å². The third-order valence-corrected chi connectivity index (χ3v) is 3.89. The number of thiazole rings is 1. The smallest absolute Gasteiger partial charge is 0.413 e. The number of amides is 1. The summed E-state index contributed by atoms with van der Waals surface area (Å²) in [7, 11) is 1.21. The van der Waals surface area contributed by atoms with Crippen LogP contribution in [0.3, 0.4) is 0 Å². The Kier molecular flexibility index (Phi) is 5.54. The second kappa shape index (κ2) is 7.32. The van der Waals surface area contributed by atoms with Crippen molar-refractivity contribution in [1.82, 2.24) is 4.98 Å². The summed E-state index contributed by atoms with van der Waals surface area (Å²) in [6.07, 6.45) is 0.0584. The van der Waals surface area contributed by atoms with Gasteiger partial charge in [-0.2, -0.15) is 0 Å². The average molecular weight is 383 g/mol. The quantitative estimate of drug-likeness (QED) is 0.420. The Labute approximate surface area is 154 Å². The van der Waals surface area contributed by atoms with Crippen LogP contribution in [0, 0.1) is 0 Å². The van der Waals surface area contributed by atoms with Crippen LogP contribution in [0.1, 0.15) is 39.3 Å². The Morgan fingerprint density at radius 2 is 2.04 bits per heavy atom. The van der Waals surface area contributed by atoms with E-state index in [0.717, 1.165) is 11.3 Å². The number of ether oxygens (including phenoxy) is 1. The molecule has 140 valence electrons. The Hall–Kier alpha value is -2.63. The monoisotopic (exact) mass is 383 g/mol. The van der Waals surface area contributed by atoms with Crippen LogP contribution in [0.5, 0.6) is 0 Å². The maximum absolute atomic E-state index is 11.7. The highest BCUT2D eigenvalue weighted by molar-refractivity contribution is 7.14. The molecule has 12 heteroatoms. The molecule has 0 unspecified atom stereocenters. The molecule has 0 radical (unpaired) electrons. The minimum absolute atomic E-state index is 0.0192. The summed E-state index contributed by atoms with van der Waals surface area (Å²) >= 11 is 0.995. The molecule has 2 N–H and O–H groups in total. The lowest BCUT2D eigenvalue weighted by atomic mass is 10.2. The number of aliphatic carboxylic acids is 1.